The van der Waals surface area contributed by atoms with Gasteiger partial charge in [0.15, 0.2) is 0 Å². The molecule has 1 aromatic rings. The maximum Gasteiger partial charge on any atom is 0.518 e. The molecule has 0 spiro atoms. The Labute approximate surface area is 80.6 Å². The van der Waals surface area contributed by atoms with E-state index in [4.69, 9.17) is 0 Å². The molecule has 0 N–H and O–H groups in total. The molecule has 0 atom stereocenters. The highest BCUT2D eigenvalue weighted by Gasteiger charge is 2.15. The van der Waals surface area contributed by atoms with Crippen molar-refractivity contribution < 1.29 is 13.6 Å². The van der Waals surface area contributed by atoms with Crippen LogP contribution in [0.4, 0.5) is 0 Å². The van der Waals surface area contributed by atoms with Crippen LogP contribution in [-0.4, -0.2) is 17.4 Å². The summed E-state index contributed by atoms with van der Waals surface area (Å²) in [6, 6.07) is 0. The SMILES string of the molecule is C=CN1CCCC1=O.O=c1occo1. The first-order valence-corrected chi connectivity index (χ1v) is 4.18. The van der Waals surface area contributed by atoms with E-state index in [-0.39, 0.29) is 5.91 Å². The average molecular weight is 197 g/mol. The maximum absolute atomic E-state index is 10.7. The third-order valence-electron chi connectivity index (χ3n) is 1.71. The van der Waals surface area contributed by atoms with E-state index in [1.54, 1.807) is 11.1 Å². The van der Waals surface area contributed by atoms with Gasteiger partial charge < -0.3 is 13.7 Å². The first-order chi connectivity index (χ1) is 6.74. The number of amides is 1. The number of rotatable bonds is 1. The summed E-state index contributed by atoms with van der Waals surface area (Å²) in [5, 5.41) is 0. The standard InChI is InChI=1S/C6H9NO.C3H2O3/c1-2-7-5-3-4-6(7)8;4-3-5-1-2-6-3/h2H,1,3-5H2;1-2H. The highest BCUT2D eigenvalue weighted by Crippen LogP contribution is 2.08. The summed E-state index contributed by atoms with van der Waals surface area (Å²) < 4.78 is 8.22. The minimum atomic E-state index is -0.657. The molecular formula is C9H11NO4. The summed E-state index contributed by atoms with van der Waals surface area (Å²) in [6.07, 6.45) is 5.65. The number of likely N-dealkylation sites (tertiary alicyclic amines) is 1. The van der Waals surface area contributed by atoms with Crippen LogP contribution in [0, 0.1) is 0 Å². The second-order valence-corrected chi connectivity index (χ2v) is 2.63. The Hall–Kier alpha value is -1.78. The molecule has 0 bridgehead atoms. The van der Waals surface area contributed by atoms with Gasteiger partial charge in [-0.25, -0.2) is 4.79 Å². The van der Waals surface area contributed by atoms with Crippen molar-refractivity contribution in [2.75, 3.05) is 6.54 Å². The molecule has 5 nitrogen and oxygen atoms in total. The molecule has 0 aromatic carbocycles. The lowest BCUT2D eigenvalue weighted by Gasteiger charge is -2.05. The van der Waals surface area contributed by atoms with Crippen molar-refractivity contribution in [3.8, 4) is 0 Å². The van der Waals surface area contributed by atoms with Gasteiger partial charge >= 0.3 is 5.82 Å². The van der Waals surface area contributed by atoms with Crippen LogP contribution >= 0.6 is 0 Å². The quantitative estimate of drug-likeness (QED) is 0.673. The summed E-state index contributed by atoms with van der Waals surface area (Å²) in [6.45, 7) is 4.36. The van der Waals surface area contributed by atoms with Crippen LogP contribution in [-0.2, 0) is 4.79 Å². The summed E-state index contributed by atoms with van der Waals surface area (Å²) in [4.78, 5) is 22.0. The number of hydrogen-bond acceptors (Lipinski definition) is 4. The highest BCUT2D eigenvalue weighted by atomic mass is 16.5. The van der Waals surface area contributed by atoms with Crippen molar-refractivity contribution in [3.63, 3.8) is 0 Å². The maximum atomic E-state index is 10.7. The third kappa shape index (κ3) is 2.93. The second-order valence-electron chi connectivity index (χ2n) is 2.63. The fraction of sp³-hybridized carbons (Fsp3) is 0.333. The monoisotopic (exact) mass is 197 g/mol. The largest absolute Gasteiger partial charge is 0.518 e. The second kappa shape index (κ2) is 5.06. The Kier molecular flexibility index (Phi) is 3.72. The van der Waals surface area contributed by atoms with Gasteiger partial charge in [-0.2, -0.15) is 0 Å². The molecule has 14 heavy (non-hydrogen) atoms. The van der Waals surface area contributed by atoms with Crippen molar-refractivity contribution in [2.45, 2.75) is 12.8 Å². The van der Waals surface area contributed by atoms with Crippen LogP contribution in [0.25, 0.3) is 0 Å². The van der Waals surface area contributed by atoms with Gasteiger partial charge in [-0.15, -0.1) is 0 Å². The highest BCUT2D eigenvalue weighted by molar-refractivity contribution is 5.78. The Bertz CT molecular complexity index is 335. The van der Waals surface area contributed by atoms with Gasteiger partial charge in [-0.1, -0.05) is 6.58 Å². The lowest BCUT2D eigenvalue weighted by molar-refractivity contribution is -0.125. The predicted octanol–water partition coefficient (Wildman–Crippen LogP) is 0.985. The molecule has 2 rings (SSSR count). The molecule has 1 fully saturated rings. The molecule has 0 unspecified atom stereocenters. The normalized spacial score (nSPS) is 14.9. The van der Waals surface area contributed by atoms with Crippen molar-refractivity contribution in [2.24, 2.45) is 0 Å². The fourth-order valence-electron chi connectivity index (χ4n) is 1.06. The fourth-order valence-corrected chi connectivity index (χ4v) is 1.06. The number of carbonyl (C=O) groups is 1. The Morgan fingerprint density at radius 3 is 2.21 bits per heavy atom. The van der Waals surface area contributed by atoms with Gasteiger partial charge in [0.1, 0.15) is 12.5 Å². The average Bonchev–Trinajstić information content (AvgIpc) is 2.77. The molecule has 0 aliphatic carbocycles. The van der Waals surface area contributed by atoms with Crippen molar-refractivity contribution >= 4 is 5.91 Å². The zero-order valence-electron chi connectivity index (χ0n) is 7.64. The van der Waals surface area contributed by atoms with Gasteiger partial charge in [0.2, 0.25) is 5.91 Å². The van der Waals surface area contributed by atoms with Crippen LogP contribution in [0.15, 0.2) is 38.9 Å². The first kappa shape index (κ1) is 10.3. The van der Waals surface area contributed by atoms with E-state index in [0.29, 0.717) is 6.42 Å². The molecule has 0 radical (unpaired) electrons. The number of hydrogen-bond donors (Lipinski definition) is 0. The Morgan fingerprint density at radius 1 is 1.36 bits per heavy atom. The van der Waals surface area contributed by atoms with E-state index in [9.17, 15) is 9.59 Å². The summed E-state index contributed by atoms with van der Waals surface area (Å²) >= 11 is 0. The van der Waals surface area contributed by atoms with Gasteiger partial charge in [0.05, 0.1) is 0 Å². The molecule has 0 saturated carbocycles. The van der Waals surface area contributed by atoms with Crippen LogP contribution in [0.3, 0.4) is 0 Å². The zero-order chi connectivity index (χ0) is 10.4. The lowest BCUT2D eigenvalue weighted by Crippen LogP contribution is -2.16. The van der Waals surface area contributed by atoms with Crippen molar-refractivity contribution in [1.29, 1.82) is 0 Å². The minimum absolute atomic E-state index is 0.208. The first-order valence-electron chi connectivity index (χ1n) is 4.18. The smallest absolute Gasteiger partial charge is 0.399 e. The van der Waals surface area contributed by atoms with Crippen molar-refractivity contribution in [1.82, 2.24) is 4.90 Å². The summed E-state index contributed by atoms with van der Waals surface area (Å²) in [5.74, 6) is -0.449. The van der Waals surface area contributed by atoms with E-state index in [1.807, 2.05) is 0 Å². The van der Waals surface area contributed by atoms with Gasteiger partial charge in [-0.3, -0.25) is 4.79 Å². The molecule has 1 aromatic heterocycles. The molecule has 2 heterocycles. The molecule has 76 valence electrons. The molecule has 1 aliphatic rings. The third-order valence-corrected chi connectivity index (χ3v) is 1.71. The summed E-state index contributed by atoms with van der Waals surface area (Å²) in [5.41, 5.74) is 0. The van der Waals surface area contributed by atoms with E-state index in [1.165, 1.54) is 12.5 Å². The molecule has 1 amide bonds. The van der Waals surface area contributed by atoms with Crippen LogP contribution in [0.2, 0.25) is 0 Å². The zero-order valence-corrected chi connectivity index (χ0v) is 7.64. The van der Waals surface area contributed by atoms with Gasteiger partial charge in [-0.05, 0) is 12.6 Å². The van der Waals surface area contributed by atoms with Crippen molar-refractivity contribution in [3.05, 3.63) is 35.9 Å². The van der Waals surface area contributed by atoms with Gasteiger partial charge in [0, 0.05) is 13.0 Å². The Morgan fingerprint density at radius 2 is 2.00 bits per heavy atom. The summed E-state index contributed by atoms with van der Waals surface area (Å²) in [7, 11) is 0. The molecule has 5 heteroatoms. The van der Waals surface area contributed by atoms with E-state index in [2.05, 4.69) is 15.4 Å². The van der Waals surface area contributed by atoms with E-state index in [0.717, 1.165) is 13.0 Å². The number of carbonyl (C=O) groups excluding carboxylic acids is 1. The van der Waals surface area contributed by atoms with E-state index < -0.39 is 5.82 Å². The predicted molar refractivity (Wildman–Crippen MR) is 48.4 cm³/mol. The lowest BCUT2D eigenvalue weighted by atomic mass is 10.4. The minimum Gasteiger partial charge on any atom is -0.399 e. The molecule has 1 saturated heterocycles. The van der Waals surface area contributed by atoms with Crippen LogP contribution in [0.5, 0.6) is 0 Å². The molecular weight excluding hydrogens is 186 g/mol. The number of nitrogens with zero attached hydrogens (tertiary/aromatic N) is 1. The Balaban J connectivity index is 0.000000146. The van der Waals surface area contributed by atoms with E-state index >= 15 is 0 Å². The molecule has 1 aliphatic heterocycles. The topological polar surface area (TPSA) is 63.7 Å². The van der Waals surface area contributed by atoms with Gasteiger partial charge in [0.25, 0.3) is 0 Å². The van der Waals surface area contributed by atoms with Crippen LogP contribution < -0.4 is 5.82 Å². The van der Waals surface area contributed by atoms with Crippen LogP contribution in [0.1, 0.15) is 12.8 Å².